The fraction of sp³-hybridized carbons (Fsp3) is 0.632. The van der Waals surface area contributed by atoms with Gasteiger partial charge in [0.05, 0.1) is 18.8 Å². The van der Waals surface area contributed by atoms with Crippen molar-refractivity contribution in [2.24, 2.45) is 17.8 Å². The molecule has 0 radical (unpaired) electrons. The van der Waals surface area contributed by atoms with Crippen molar-refractivity contribution >= 4 is 17.7 Å². The highest BCUT2D eigenvalue weighted by atomic mass is 16.7. The monoisotopic (exact) mass is 645 g/mol. The highest BCUT2D eigenvalue weighted by molar-refractivity contribution is 5.90. The molecule has 2 heterocycles. The Morgan fingerprint density at radius 3 is 2.32 bits per heavy atom. The summed E-state index contributed by atoms with van der Waals surface area (Å²) in [4.78, 5) is 28.6. The Morgan fingerprint density at radius 2 is 1.66 bits per heavy atom. The summed E-state index contributed by atoms with van der Waals surface area (Å²) < 4.78 is 19.0. The third-order valence-electron chi connectivity index (χ3n) is 10.9. The van der Waals surface area contributed by atoms with Gasteiger partial charge in [-0.25, -0.2) is 4.79 Å². The Balaban J connectivity index is 1.06. The van der Waals surface area contributed by atoms with Crippen LogP contribution in [-0.4, -0.2) is 58.4 Å². The molecule has 2 aromatic carbocycles. The van der Waals surface area contributed by atoms with Gasteiger partial charge in [-0.05, 0) is 120 Å². The van der Waals surface area contributed by atoms with Crippen LogP contribution in [-0.2, 0) is 25.6 Å². The minimum Gasteiger partial charge on any atom is -0.459 e. The molecule has 6 aliphatic rings. The molecular weight excluding hydrogens is 594 g/mol. The number of aliphatic hydroxyl groups is 1. The molecule has 2 amide bonds. The molecule has 2 aromatic rings. The summed E-state index contributed by atoms with van der Waals surface area (Å²) in [6.45, 7) is 7.08. The number of amides is 2. The molecular formula is C38H51N3O6. The van der Waals surface area contributed by atoms with E-state index in [1.807, 2.05) is 69.3 Å². The first kappa shape index (κ1) is 32.6. The minimum absolute atomic E-state index is 0.0165. The summed E-state index contributed by atoms with van der Waals surface area (Å²) in [6, 6.07) is 15.2. The molecule has 4 saturated carbocycles. The molecule has 47 heavy (non-hydrogen) atoms. The van der Waals surface area contributed by atoms with Crippen molar-refractivity contribution < 1.29 is 28.9 Å². The molecule has 2 saturated heterocycles. The second-order valence-electron chi connectivity index (χ2n) is 15.9. The number of benzene rings is 2. The van der Waals surface area contributed by atoms with Gasteiger partial charge in [0, 0.05) is 29.8 Å². The van der Waals surface area contributed by atoms with Crippen molar-refractivity contribution in [2.45, 2.75) is 121 Å². The summed E-state index contributed by atoms with van der Waals surface area (Å²) in [7, 11) is 0. The third kappa shape index (κ3) is 7.53. The average molecular weight is 646 g/mol. The van der Waals surface area contributed by atoms with E-state index in [1.165, 1.54) is 19.3 Å². The zero-order chi connectivity index (χ0) is 32.8. The van der Waals surface area contributed by atoms with Gasteiger partial charge in [0.25, 0.3) is 0 Å². The Kier molecular flexibility index (Phi) is 9.11. The molecule has 8 rings (SSSR count). The van der Waals surface area contributed by atoms with Gasteiger partial charge in [0.1, 0.15) is 11.6 Å². The van der Waals surface area contributed by atoms with E-state index >= 15 is 0 Å². The van der Waals surface area contributed by atoms with Crippen molar-refractivity contribution in [1.29, 1.82) is 0 Å². The number of hydrogen-bond acceptors (Lipinski definition) is 7. The van der Waals surface area contributed by atoms with Crippen LogP contribution in [0.4, 0.5) is 10.5 Å². The molecule has 9 heteroatoms. The van der Waals surface area contributed by atoms with Gasteiger partial charge in [0.2, 0.25) is 0 Å². The highest BCUT2D eigenvalue weighted by Crippen LogP contribution is 2.55. The molecule has 0 aromatic heterocycles. The maximum Gasteiger partial charge on any atom is 0.323 e. The average Bonchev–Trinajstić information content (AvgIpc) is 3.47. The fourth-order valence-corrected chi connectivity index (χ4v) is 9.41. The lowest BCUT2D eigenvalue weighted by molar-refractivity contribution is -0.253. The normalized spacial score (nSPS) is 33.5. The number of carbonyl (C=O) groups excluding carboxylic acids is 2. The molecule has 0 unspecified atom stereocenters. The van der Waals surface area contributed by atoms with Crippen LogP contribution in [0.2, 0.25) is 0 Å². The van der Waals surface area contributed by atoms with Crippen LogP contribution in [0.3, 0.4) is 0 Å². The van der Waals surface area contributed by atoms with Gasteiger partial charge in [-0.1, -0.05) is 36.4 Å². The molecule has 9 nitrogen and oxygen atoms in total. The van der Waals surface area contributed by atoms with E-state index in [-0.39, 0.29) is 42.4 Å². The van der Waals surface area contributed by atoms with E-state index in [2.05, 4.69) is 15.5 Å². The maximum atomic E-state index is 13.3. The molecule has 2 aliphatic heterocycles. The van der Waals surface area contributed by atoms with E-state index < -0.39 is 11.9 Å². The number of urea groups is 1. The summed E-state index contributed by atoms with van der Waals surface area (Å²) in [5, 5.41) is 16.1. The summed E-state index contributed by atoms with van der Waals surface area (Å²) in [5.41, 5.74) is 2.77. The lowest BCUT2D eigenvalue weighted by atomic mass is 9.53. The predicted molar refractivity (Wildman–Crippen MR) is 178 cm³/mol. The number of ether oxygens (including phenoxy) is 3. The fourth-order valence-electron chi connectivity index (χ4n) is 9.41. The first-order chi connectivity index (χ1) is 22.5. The molecule has 254 valence electrons. The van der Waals surface area contributed by atoms with Crippen LogP contribution < -0.4 is 10.6 Å². The van der Waals surface area contributed by atoms with Crippen molar-refractivity contribution in [3.05, 3.63) is 65.2 Å². The molecule has 3 N–H and O–H groups in total. The zero-order valence-electron chi connectivity index (χ0n) is 28.1. The lowest BCUT2D eigenvalue weighted by Crippen LogP contribution is -2.60. The predicted octanol–water partition coefficient (Wildman–Crippen LogP) is 6.62. The Labute approximate surface area is 278 Å². The molecule has 4 bridgehead atoms. The van der Waals surface area contributed by atoms with E-state index in [9.17, 15) is 14.7 Å². The van der Waals surface area contributed by atoms with Crippen molar-refractivity contribution in [3.63, 3.8) is 0 Å². The van der Waals surface area contributed by atoms with E-state index in [0.717, 1.165) is 73.1 Å². The maximum absolute atomic E-state index is 13.3. The molecule has 0 spiro atoms. The number of carbonyl (C=O) groups is 2. The smallest absolute Gasteiger partial charge is 0.323 e. The van der Waals surface area contributed by atoms with E-state index in [4.69, 9.17) is 14.2 Å². The Morgan fingerprint density at radius 1 is 0.957 bits per heavy atom. The van der Waals surface area contributed by atoms with Crippen molar-refractivity contribution in [2.75, 3.05) is 18.4 Å². The largest absolute Gasteiger partial charge is 0.459 e. The van der Waals surface area contributed by atoms with Crippen LogP contribution in [0.1, 0.15) is 108 Å². The molecule has 6 fully saturated rings. The Hall–Kier alpha value is -2.98. The van der Waals surface area contributed by atoms with Crippen molar-refractivity contribution in [1.82, 2.24) is 10.2 Å². The number of esters is 1. The lowest BCUT2D eigenvalue weighted by Gasteiger charge is -2.56. The zero-order valence-corrected chi connectivity index (χ0v) is 28.1. The number of anilines is 1. The van der Waals surface area contributed by atoms with Gasteiger partial charge in [-0.2, -0.15) is 0 Å². The Bertz CT molecular complexity index is 1400. The van der Waals surface area contributed by atoms with Crippen molar-refractivity contribution in [3.8, 4) is 0 Å². The second kappa shape index (κ2) is 13.1. The standard InChI is InChI=1S/C38H51N3O6/c1-37(2,3)47-34(43)32-8-5-13-41(32)22-31-18-33(28-11-9-24(23-42)10-12-28)46-35(45-31)29-6-4-7-30(17-29)39-36(44)40-38-19-25-14-26(20-38)16-27(15-25)21-38/h4,6-7,9-12,17,25-27,31-33,35,42H,5,8,13-16,18-23H2,1-3H3,(H2,39,40,44)/t25?,26?,27?,31-,32-,33+,35+,38?/m0/s1. The number of aliphatic hydroxyl groups excluding tert-OH is 1. The first-order valence-electron chi connectivity index (χ1n) is 17.7. The molecule has 4 aliphatic carbocycles. The van der Waals surface area contributed by atoms with E-state index in [0.29, 0.717) is 18.7 Å². The number of nitrogens with one attached hydrogen (secondary N) is 2. The van der Waals surface area contributed by atoms with Gasteiger partial charge in [-0.15, -0.1) is 0 Å². The number of nitrogens with zero attached hydrogens (tertiary/aromatic N) is 1. The van der Waals surface area contributed by atoms with Gasteiger partial charge >= 0.3 is 12.0 Å². The van der Waals surface area contributed by atoms with Crippen LogP contribution in [0.15, 0.2) is 48.5 Å². The minimum atomic E-state index is -0.660. The van der Waals surface area contributed by atoms with Gasteiger partial charge < -0.3 is 30.0 Å². The topological polar surface area (TPSA) is 109 Å². The number of rotatable bonds is 8. The van der Waals surface area contributed by atoms with Crippen LogP contribution in [0.25, 0.3) is 0 Å². The second-order valence-corrected chi connectivity index (χ2v) is 15.9. The van der Waals surface area contributed by atoms with Gasteiger partial charge in [0.15, 0.2) is 6.29 Å². The van der Waals surface area contributed by atoms with Crippen LogP contribution >= 0.6 is 0 Å². The van der Waals surface area contributed by atoms with Gasteiger partial charge in [-0.3, -0.25) is 9.69 Å². The third-order valence-corrected chi connectivity index (χ3v) is 10.9. The summed E-state index contributed by atoms with van der Waals surface area (Å²) >= 11 is 0. The molecule has 4 atom stereocenters. The summed E-state index contributed by atoms with van der Waals surface area (Å²) in [5.74, 6) is 2.09. The number of hydrogen-bond donors (Lipinski definition) is 3. The first-order valence-corrected chi connectivity index (χ1v) is 17.7. The highest BCUT2D eigenvalue weighted by Gasteiger charge is 2.51. The van der Waals surface area contributed by atoms with E-state index in [1.54, 1.807) is 0 Å². The quantitative estimate of drug-likeness (QED) is 0.277. The summed E-state index contributed by atoms with van der Waals surface area (Å²) in [6.07, 6.45) is 8.52. The van der Waals surface area contributed by atoms with Crippen LogP contribution in [0.5, 0.6) is 0 Å². The SMILES string of the molecule is CC(C)(C)OC(=O)[C@@H]1CCCN1C[C@@H]1C[C@H](c2ccc(CO)cc2)O[C@H](c2cccc(NC(=O)NC34CC5CC(CC(C5)C3)C4)c2)O1. The van der Waals surface area contributed by atoms with Crippen LogP contribution in [0, 0.1) is 17.8 Å². The number of likely N-dealkylation sites (tertiary alicyclic amines) is 1.